The van der Waals surface area contributed by atoms with Gasteiger partial charge in [-0.25, -0.2) is 17.5 Å². The quantitative estimate of drug-likeness (QED) is 0.849. The van der Waals surface area contributed by atoms with Crippen LogP contribution < -0.4 is 14.8 Å². The molecule has 1 heterocycles. The van der Waals surface area contributed by atoms with E-state index in [1.807, 2.05) is 6.92 Å². The summed E-state index contributed by atoms with van der Waals surface area (Å²) in [5, 5.41) is 3.25. The van der Waals surface area contributed by atoms with Crippen LogP contribution in [0.3, 0.4) is 0 Å². The van der Waals surface area contributed by atoms with Gasteiger partial charge in [0, 0.05) is 6.04 Å². The zero-order valence-corrected chi connectivity index (χ0v) is 14.3. The molecule has 0 aliphatic carbocycles. The Morgan fingerprint density at radius 2 is 2.18 bits per heavy atom. The van der Waals surface area contributed by atoms with Crippen LogP contribution in [0, 0.1) is 11.7 Å². The minimum absolute atomic E-state index is 0. The molecule has 1 aromatic carbocycles. The zero-order valence-electron chi connectivity index (χ0n) is 12.6. The number of methoxy groups -OCH3 is 1. The zero-order chi connectivity index (χ0) is 15.5. The molecule has 1 aliphatic heterocycles. The molecule has 2 N–H and O–H groups in total. The summed E-state index contributed by atoms with van der Waals surface area (Å²) in [5.74, 6) is -0.414. The highest BCUT2D eigenvalue weighted by Crippen LogP contribution is 2.22. The van der Waals surface area contributed by atoms with Gasteiger partial charge in [0.05, 0.1) is 12.0 Å². The second-order valence-electron chi connectivity index (χ2n) is 5.31. The van der Waals surface area contributed by atoms with Gasteiger partial charge in [-0.1, -0.05) is 0 Å². The molecule has 1 aliphatic rings. The van der Waals surface area contributed by atoms with Gasteiger partial charge in [0.1, 0.15) is 0 Å². The van der Waals surface area contributed by atoms with Gasteiger partial charge in [-0.2, -0.15) is 0 Å². The monoisotopic (exact) mass is 352 g/mol. The van der Waals surface area contributed by atoms with E-state index in [1.165, 1.54) is 19.2 Å². The topological polar surface area (TPSA) is 67.4 Å². The van der Waals surface area contributed by atoms with Crippen LogP contribution in [-0.2, 0) is 10.0 Å². The van der Waals surface area contributed by atoms with Crippen LogP contribution in [0.4, 0.5) is 4.39 Å². The van der Waals surface area contributed by atoms with E-state index in [-0.39, 0.29) is 35.0 Å². The van der Waals surface area contributed by atoms with Crippen molar-refractivity contribution in [3.8, 4) is 5.75 Å². The summed E-state index contributed by atoms with van der Waals surface area (Å²) in [7, 11) is -2.39. The van der Waals surface area contributed by atoms with Gasteiger partial charge in [-0.15, -0.1) is 12.4 Å². The average molecular weight is 353 g/mol. The van der Waals surface area contributed by atoms with Gasteiger partial charge < -0.3 is 10.1 Å². The maximum absolute atomic E-state index is 13.6. The molecule has 0 aromatic heterocycles. The highest BCUT2D eigenvalue weighted by molar-refractivity contribution is 7.89. The molecule has 1 aromatic rings. The molecule has 1 saturated heterocycles. The minimum atomic E-state index is -3.73. The predicted octanol–water partition coefficient (Wildman–Crippen LogP) is 1.92. The van der Waals surface area contributed by atoms with E-state index in [1.54, 1.807) is 0 Å². The maximum Gasteiger partial charge on any atom is 0.240 e. The SMILES string of the molecule is COc1ccc(S(=O)(=O)NC(C)C2CCCNC2)cc1F.Cl. The van der Waals surface area contributed by atoms with Crippen LogP contribution in [0.25, 0.3) is 0 Å². The first-order valence-electron chi connectivity index (χ1n) is 7.00. The molecule has 2 unspecified atom stereocenters. The molecule has 0 bridgehead atoms. The fourth-order valence-corrected chi connectivity index (χ4v) is 3.85. The van der Waals surface area contributed by atoms with E-state index in [0.717, 1.165) is 32.0 Å². The first-order valence-corrected chi connectivity index (χ1v) is 8.49. The van der Waals surface area contributed by atoms with Gasteiger partial charge in [0.25, 0.3) is 0 Å². The van der Waals surface area contributed by atoms with Crippen LogP contribution in [0.5, 0.6) is 5.75 Å². The van der Waals surface area contributed by atoms with Crippen molar-refractivity contribution in [2.45, 2.75) is 30.7 Å². The first kappa shape index (κ1) is 19.2. The molecule has 2 rings (SSSR count). The van der Waals surface area contributed by atoms with Crippen LogP contribution in [0.2, 0.25) is 0 Å². The third kappa shape index (κ3) is 4.55. The van der Waals surface area contributed by atoms with Gasteiger partial charge in [-0.05, 0) is 57.0 Å². The lowest BCUT2D eigenvalue weighted by atomic mass is 9.94. The molecule has 5 nitrogen and oxygen atoms in total. The molecule has 0 radical (unpaired) electrons. The number of hydrogen-bond acceptors (Lipinski definition) is 4. The van der Waals surface area contributed by atoms with Crippen molar-refractivity contribution in [3.63, 3.8) is 0 Å². The molecular weight excluding hydrogens is 331 g/mol. The minimum Gasteiger partial charge on any atom is -0.494 e. The van der Waals surface area contributed by atoms with Crippen molar-refractivity contribution < 1.29 is 17.5 Å². The van der Waals surface area contributed by atoms with Crippen LogP contribution in [0.1, 0.15) is 19.8 Å². The standard InChI is InChI=1S/C14H21FN2O3S.ClH/c1-10(11-4-3-7-16-9-11)17-21(18,19)12-5-6-14(20-2)13(15)8-12;/h5-6,8,10-11,16-17H,3-4,7,9H2,1-2H3;1H. The van der Waals surface area contributed by atoms with Crippen molar-refractivity contribution >= 4 is 22.4 Å². The van der Waals surface area contributed by atoms with Crippen molar-refractivity contribution in [2.75, 3.05) is 20.2 Å². The molecule has 0 spiro atoms. The summed E-state index contributed by atoms with van der Waals surface area (Å²) in [5.41, 5.74) is 0. The van der Waals surface area contributed by atoms with E-state index in [4.69, 9.17) is 4.74 Å². The van der Waals surface area contributed by atoms with E-state index >= 15 is 0 Å². The molecule has 1 fully saturated rings. The summed E-state index contributed by atoms with van der Waals surface area (Å²) in [6, 6.07) is 3.44. The Bertz CT molecular complexity index is 592. The van der Waals surface area contributed by atoms with Crippen LogP contribution in [-0.4, -0.2) is 34.7 Å². The third-order valence-electron chi connectivity index (χ3n) is 3.82. The Labute approximate surface area is 137 Å². The van der Waals surface area contributed by atoms with Gasteiger partial charge in [0.2, 0.25) is 10.0 Å². The second-order valence-corrected chi connectivity index (χ2v) is 7.03. The van der Waals surface area contributed by atoms with E-state index < -0.39 is 15.8 Å². The molecule has 0 amide bonds. The number of halogens is 2. The smallest absolute Gasteiger partial charge is 0.240 e. The Morgan fingerprint density at radius 3 is 2.73 bits per heavy atom. The van der Waals surface area contributed by atoms with Gasteiger partial charge >= 0.3 is 0 Å². The molecule has 126 valence electrons. The number of benzene rings is 1. The fourth-order valence-electron chi connectivity index (χ4n) is 2.53. The Kier molecular flexibility index (Phi) is 7.05. The Hall–Kier alpha value is -0.890. The summed E-state index contributed by atoms with van der Waals surface area (Å²) in [6.07, 6.45) is 2.02. The summed E-state index contributed by atoms with van der Waals surface area (Å²) < 4.78 is 45.7. The van der Waals surface area contributed by atoms with Crippen molar-refractivity contribution in [1.29, 1.82) is 0 Å². The number of sulfonamides is 1. The summed E-state index contributed by atoms with van der Waals surface area (Å²) in [4.78, 5) is -0.0866. The fraction of sp³-hybridized carbons (Fsp3) is 0.571. The van der Waals surface area contributed by atoms with E-state index in [0.29, 0.717) is 0 Å². The number of ether oxygens (including phenoxy) is 1. The largest absolute Gasteiger partial charge is 0.494 e. The van der Waals surface area contributed by atoms with Gasteiger partial charge in [-0.3, -0.25) is 0 Å². The lowest BCUT2D eigenvalue weighted by molar-refractivity contribution is 0.320. The molecule has 8 heteroatoms. The predicted molar refractivity (Wildman–Crippen MR) is 85.6 cm³/mol. The number of hydrogen-bond donors (Lipinski definition) is 2. The second kappa shape index (κ2) is 8.10. The third-order valence-corrected chi connectivity index (χ3v) is 5.37. The average Bonchev–Trinajstić information content (AvgIpc) is 2.47. The van der Waals surface area contributed by atoms with Crippen molar-refractivity contribution in [3.05, 3.63) is 24.0 Å². The van der Waals surface area contributed by atoms with E-state index in [2.05, 4.69) is 10.0 Å². The highest BCUT2D eigenvalue weighted by Gasteiger charge is 2.25. The Balaban J connectivity index is 0.00000242. The molecule has 2 atom stereocenters. The molecule has 22 heavy (non-hydrogen) atoms. The first-order chi connectivity index (χ1) is 9.94. The van der Waals surface area contributed by atoms with Crippen molar-refractivity contribution in [1.82, 2.24) is 10.0 Å². The molecule has 0 saturated carbocycles. The van der Waals surface area contributed by atoms with Gasteiger partial charge in [0.15, 0.2) is 11.6 Å². The lowest BCUT2D eigenvalue weighted by Gasteiger charge is -2.28. The number of nitrogens with one attached hydrogen (secondary N) is 2. The lowest BCUT2D eigenvalue weighted by Crippen LogP contribution is -2.44. The Morgan fingerprint density at radius 1 is 1.45 bits per heavy atom. The summed E-state index contributed by atoms with van der Waals surface area (Å²) >= 11 is 0. The highest BCUT2D eigenvalue weighted by atomic mass is 35.5. The van der Waals surface area contributed by atoms with E-state index in [9.17, 15) is 12.8 Å². The van der Waals surface area contributed by atoms with Crippen molar-refractivity contribution in [2.24, 2.45) is 5.92 Å². The number of piperidine rings is 1. The van der Waals surface area contributed by atoms with Crippen LogP contribution in [0.15, 0.2) is 23.1 Å². The maximum atomic E-state index is 13.6. The van der Waals surface area contributed by atoms with Crippen LogP contribution >= 0.6 is 12.4 Å². The normalized spacial score (nSPS) is 20.0. The molecular formula is C14H22ClFN2O3S. The summed E-state index contributed by atoms with van der Waals surface area (Å²) in [6.45, 7) is 3.61. The number of rotatable bonds is 5.